The Morgan fingerprint density at radius 3 is 2.60 bits per heavy atom. The van der Waals surface area contributed by atoms with Crippen LogP contribution in [0.3, 0.4) is 0 Å². The van der Waals surface area contributed by atoms with Gasteiger partial charge in [0.05, 0.1) is 12.2 Å². The van der Waals surface area contributed by atoms with Crippen LogP contribution in [0.15, 0.2) is 30.3 Å². The summed E-state index contributed by atoms with van der Waals surface area (Å²) in [5, 5.41) is 0. The molecule has 0 aliphatic rings. The van der Waals surface area contributed by atoms with Gasteiger partial charge in [-0.05, 0) is 18.6 Å². The smallest absolute Gasteiger partial charge is 0.422 e. The summed E-state index contributed by atoms with van der Waals surface area (Å²) in [6.45, 7) is 2.22. The molecular formula is C11H12N2O2. The van der Waals surface area contributed by atoms with E-state index in [-0.39, 0.29) is 5.71 Å². The Morgan fingerprint density at radius 1 is 1.40 bits per heavy atom. The van der Waals surface area contributed by atoms with Gasteiger partial charge in [0, 0.05) is 0 Å². The zero-order valence-corrected chi connectivity index (χ0v) is 8.51. The van der Waals surface area contributed by atoms with E-state index in [2.05, 4.69) is 4.79 Å². The number of esters is 1. The predicted octanol–water partition coefficient (Wildman–Crippen LogP) is 1.66. The Hall–Kier alpha value is -1.93. The summed E-state index contributed by atoms with van der Waals surface area (Å²) in [6.07, 6.45) is 0.735. The van der Waals surface area contributed by atoms with Crippen LogP contribution in [0.5, 0.6) is 0 Å². The molecule has 15 heavy (non-hydrogen) atoms. The first-order valence-electron chi connectivity index (χ1n) is 4.74. The average molecular weight is 204 g/mol. The van der Waals surface area contributed by atoms with Gasteiger partial charge in [0.2, 0.25) is 0 Å². The molecule has 0 aromatic heterocycles. The lowest BCUT2D eigenvalue weighted by molar-refractivity contribution is -0.140. The summed E-state index contributed by atoms with van der Waals surface area (Å²) >= 11 is 0. The summed E-state index contributed by atoms with van der Waals surface area (Å²) in [5.41, 5.74) is 9.21. The predicted molar refractivity (Wildman–Crippen MR) is 55.4 cm³/mol. The van der Waals surface area contributed by atoms with Crippen molar-refractivity contribution in [2.75, 3.05) is 6.61 Å². The van der Waals surface area contributed by atoms with Gasteiger partial charge in [-0.1, -0.05) is 25.1 Å². The highest BCUT2D eigenvalue weighted by atomic mass is 16.5. The van der Waals surface area contributed by atoms with Crippen LogP contribution >= 0.6 is 0 Å². The first-order valence-corrected chi connectivity index (χ1v) is 4.74. The van der Waals surface area contributed by atoms with Gasteiger partial charge in [-0.2, -0.15) is 4.79 Å². The maximum atomic E-state index is 11.4. The Balaban J connectivity index is 2.83. The molecule has 0 aliphatic carbocycles. The van der Waals surface area contributed by atoms with Crippen LogP contribution in [-0.4, -0.2) is 23.1 Å². The highest BCUT2D eigenvalue weighted by molar-refractivity contribution is 6.40. The largest absolute Gasteiger partial charge is 0.457 e. The van der Waals surface area contributed by atoms with Gasteiger partial charge in [-0.3, -0.25) is 0 Å². The fourth-order valence-electron chi connectivity index (χ4n) is 1.08. The number of benzene rings is 1. The van der Waals surface area contributed by atoms with Crippen molar-refractivity contribution in [3.63, 3.8) is 0 Å². The third-order valence-corrected chi connectivity index (χ3v) is 1.78. The van der Waals surface area contributed by atoms with Crippen LogP contribution in [0, 0.1) is 0 Å². The number of hydrogen-bond donors (Lipinski definition) is 0. The van der Waals surface area contributed by atoms with Crippen LogP contribution < -0.4 is 0 Å². The van der Waals surface area contributed by atoms with Crippen LogP contribution in [-0.2, 0) is 9.53 Å². The van der Waals surface area contributed by atoms with E-state index in [1.807, 2.05) is 13.0 Å². The van der Waals surface area contributed by atoms with Crippen molar-refractivity contribution in [3.8, 4) is 0 Å². The number of rotatable bonds is 4. The van der Waals surface area contributed by atoms with Crippen molar-refractivity contribution in [1.82, 2.24) is 0 Å². The highest BCUT2D eigenvalue weighted by Gasteiger charge is 2.23. The van der Waals surface area contributed by atoms with E-state index in [1.165, 1.54) is 0 Å². The normalized spacial score (nSPS) is 9.13. The first kappa shape index (κ1) is 11.1. The number of ether oxygens (including phenoxy) is 1. The third kappa shape index (κ3) is 3.04. The monoisotopic (exact) mass is 204 g/mol. The molecule has 0 fully saturated rings. The number of carbonyl (C=O) groups is 1. The van der Waals surface area contributed by atoms with E-state index in [4.69, 9.17) is 10.3 Å². The van der Waals surface area contributed by atoms with Crippen molar-refractivity contribution in [2.24, 2.45) is 0 Å². The molecule has 0 saturated carbocycles. The lowest BCUT2D eigenvalue weighted by Gasteiger charge is -1.98. The summed E-state index contributed by atoms with van der Waals surface area (Å²) in [7, 11) is 0. The summed E-state index contributed by atoms with van der Waals surface area (Å²) in [4.78, 5) is 14.4. The van der Waals surface area contributed by atoms with E-state index in [0.29, 0.717) is 12.2 Å². The molecule has 0 spiro atoms. The zero-order chi connectivity index (χ0) is 11.1. The molecule has 0 atom stereocenters. The molecule has 0 heterocycles. The summed E-state index contributed by atoms with van der Waals surface area (Å²) in [5.74, 6) is -0.606. The van der Waals surface area contributed by atoms with Crippen molar-refractivity contribution >= 4 is 11.7 Å². The topological polar surface area (TPSA) is 62.7 Å². The number of nitrogens with zero attached hydrogens (tertiary/aromatic N) is 2. The van der Waals surface area contributed by atoms with Crippen molar-refractivity contribution in [1.29, 1.82) is 0 Å². The van der Waals surface area contributed by atoms with E-state index in [9.17, 15) is 4.79 Å². The van der Waals surface area contributed by atoms with Crippen molar-refractivity contribution in [3.05, 3.63) is 41.4 Å². The molecule has 0 radical (unpaired) electrons. The van der Waals surface area contributed by atoms with Gasteiger partial charge in [0.25, 0.3) is 0 Å². The molecular weight excluding hydrogens is 192 g/mol. The fraction of sp³-hybridized carbons (Fsp3) is 0.273. The van der Waals surface area contributed by atoms with Crippen LogP contribution in [0.2, 0.25) is 0 Å². The lowest BCUT2D eigenvalue weighted by Crippen LogP contribution is -2.20. The second-order valence-electron chi connectivity index (χ2n) is 2.95. The minimum atomic E-state index is -0.606. The second-order valence-corrected chi connectivity index (χ2v) is 2.95. The molecule has 1 aromatic carbocycles. The maximum absolute atomic E-state index is 11.4. The average Bonchev–Trinajstić information content (AvgIpc) is 2.29. The summed E-state index contributed by atoms with van der Waals surface area (Å²) < 4.78 is 4.87. The quantitative estimate of drug-likeness (QED) is 0.324. The van der Waals surface area contributed by atoms with Gasteiger partial charge in [0.15, 0.2) is 0 Å². The Morgan fingerprint density at radius 2 is 2.07 bits per heavy atom. The van der Waals surface area contributed by atoms with Crippen LogP contribution in [0.25, 0.3) is 5.53 Å². The van der Waals surface area contributed by atoms with E-state index < -0.39 is 5.97 Å². The van der Waals surface area contributed by atoms with Gasteiger partial charge >= 0.3 is 11.7 Å². The molecule has 0 amide bonds. The second kappa shape index (κ2) is 5.73. The molecule has 4 heteroatoms. The Labute approximate surface area is 88.1 Å². The third-order valence-electron chi connectivity index (χ3n) is 1.78. The van der Waals surface area contributed by atoms with Gasteiger partial charge < -0.3 is 10.3 Å². The Bertz CT molecular complexity index is 381. The van der Waals surface area contributed by atoms with Gasteiger partial charge in [-0.25, -0.2) is 4.79 Å². The summed E-state index contributed by atoms with van der Waals surface area (Å²) in [6, 6.07) is 8.70. The number of carbonyl (C=O) groups excluding carboxylic acids is 1. The molecule has 0 unspecified atom stereocenters. The standard InChI is InChI=1S/C11H12N2O2/c1-2-8-15-11(14)10(13-12)9-6-4-3-5-7-9/h3-7H,2,8H2,1H3. The maximum Gasteiger partial charge on any atom is 0.422 e. The minimum Gasteiger partial charge on any atom is -0.457 e. The van der Waals surface area contributed by atoms with E-state index >= 15 is 0 Å². The molecule has 0 bridgehead atoms. The van der Waals surface area contributed by atoms with E-state index in [0.717, 1.165) is 6.42 Å². The molecule has 78 valence electrons. The lowest BCUT2D eigenvalue weighted by atomic mass is 10.1. The van der Waals surface area contributed by atoms with Crippen molar-refractivity contribution < 1.29 is 14.3 Å². The first-order chi connectivity index (χ1) is 7.29. The molecule has 0 N–H and O–H groups in total. The molecule has 4 nitrogen and oxygen atoms in total. The van der Waals surface area contributed by atoms with Gasteiger partial charge in [0.1, 0.15) is 0 Å². The molecule has 0 aliphatic heterocycles. The van der Waals surface area contributed by atoms with Gasteiger partial charge in [-0.15, -0.1) is 0 Å². The fourth-order valence-corrected chi connectivity index (χ4v) is 1.08. The highest BCUT2D eigenvalue weighted by Crippen LogP contribution is 2.01. The molecule has 1 aromatic rings. The Kier molecular flexibility index (Phi) is 4.26. The molecule has 0 saturated heterocycles. The minimum absolute atomic E-state index is 0.0657. The SMILES string of the molecule is CCCOC(=O)C(=[N+]=[N-])c1ccccc1. The zero-order valence-electron chi connectivity index (χ0n) is 8.51. The van der Waals surface area contributed by atoms with Crippen LogP contribution in [0.4, 0.5) is 0 Å². The van der Waals surface area contributed by atoms with Crippen molar-refractivity contribution in [2.45, 2.75) is 13.3 Å². The number of hydrogen-bond acceptors (Lipinski definition) is 2. The van der Waals surface area contributed by atoms with E-state index in [1.54, 1.807) is 24.3 Å². The van der Waals surface area contributed by atoms with Crippen LogP contribution in [0.1, 0.15) is 18.9 Å². The molecule has 1 rings (SSSR count).